The van der Waals surface area contributed by atoms with Crippen LogP contribution in [0.1, 0.15) is 58.5 Å². The van der Waals surface area contributed by atoms with E-state index in [4.69, 9.17) is 21.7 Å². The Morgan fingerprint density at radius 3 is 1.25 bits per heavy atom. The van der Waals surface area contributed by atoms with Gasteiger partial charge in [0.1, 0.15) is 23.6 Å². The number of carboxylic acids is 2. The first-order chi connectivity index (χ1) is 24.4. The lowest BCUT2D eigenvalue weighted by atomic mass is 9.81. The number of nitrogens with two attached hydrogens (primary N) is 2. The highest BCUT2D eigenvalue weighted by Gasteiger charge is 2.38. The van der Waals surface area contributed by atoms with E-state index >= 15 is 0 Å². The third-order valence-corrected chi connectivity index (χ3v) is 7.72. The summed E-state index contributed by atoms with van der Waals surface area (Å²) in [5.41, 5.74) is 10.2. The van der Waals surface area contributed by atoms with Crippen LogP contribution in [0.2, 0.25) is 0 Å². The number of aromatic hydroxyl groups is 2. The van der Waals surface area contributed by atoms with E-state index < -0.39 is 107 Å². The van der Waals surface area contributed by atoms with Crippen LogP contribution in [-0.2, 0) is 28.8 Å². The molecule has 0 saturated carbocycles. The first-order valence-corrected chi connectivity index (χ1v) is 15.8. The summed E-state index contributed by atoms with van der Waals surface area (Å²) in [5, 5.41) is 54.2. The lowest BCUT2D eigenvalue weighted by Gasteiger charge is -2.25. The third-order valence-electron chi connectivity index (χ3n) is 7.72. The molecule has 20 heteroatoms. The van der Waals surface area contributed by atoms with Crippen LogP contribution in [0, 0.1) is 0 Å². The van der Waals surface area contributed by atoms with Crippen LogP contribution in [0.4, 0.5) is 11.4 Å². The molecular weight excluding hydrogens is 688 g/mol. The minimum atomic E-state index is -1.36. The Kier molecular flexibility index (Phi) is 13.6. The summed E-state index contributed by atoms with van der Waals surface area (Å²) in [6.45, 7) is 2.67. The Balaban J connectivity index is 1.71. The highest BCUT2D eigenvalue weighted by atomic mass is 16.4. The second-order valence-electron chi connectivity index (χ2n) is 11.7. The maximum Gasteiger partial charge on any atom is 0.305 e. The largest absolute Gasteiger partial charge is 0.507 e. The topological polar surface area (TPSA) is 342 Å². The number of carbonyl (C=O) groups is 8. The van der Waals surface area contributed by atoms with E-state index in [1.807, 2.05) is 0 Å². The number of amides is 4. The van der Waals surface area contributed by atoms with Crippen molar-refractivity contribution >= 4 is 58.5 Å². The number of anilines is 2. The number of benzene rings is 2. The van der Waals surface area contributed by atoms with Crippen LogP contribution in [0.15, 0.2) is 24.3 Å². The number of ketones is 2. The number of hydrogen-bond donors (Lipinski definition) is 12. The molecule has 20 nitrogen and oxygen atoms in total. The van der Waals surface area contributed by atoms with E-state index in [2.05, 4.69) is 31.9 Å². The molecule has 0 bridgehead atoms. The van der Waals surface area contributed by atoms with Gasteiger partial charge in [-0.1, -0.05) is 0 Å². The molecule has 4 amide bonds. The molecule has 4 atom stereocenters. The first kappa shape index (κ1) is 40.2. The monoisotopic (exact) mass is 728 g/mol. The summed E-state index contributed by atoms with van der Waals surface area (Å²) in [4.78, 5) is 98.1. The Labute approximate surface area is 295 Å². The highest BCUT2D eigenvalue weighted by Crippen LogP contribution is 2.42. The van der Waals surface area contributed by atoms with E-state index in [9.17, 15) is 48.6 Å². The fourth-order valence-corrected chi connectivity index (χ4v) is 5.06. The SMILES string of the molecule is C[C@H](NC(=O)[C@@H](N)CC(=O)O)C(=O)NCCNc1ccc(NCCNC(=O)[C@H](C)NC(=O)[C@@H](N)CC(=O)O)c2c1C(=O)c1c(O)ccc(O)c1C2=O. The number of phenolic OH excluding ortho intramolecular Hbond substituents is 2. The van der Waals surface area contributed by atoms with Gasteiger partial charge in [-0.3, -0.25) is 38.4 Å². The lowest BCUT2D eigenvalue weighted by Crippen LogP contribution is -2.51. The second kappa shape index (κ2) is 17.6. The third kappa shape index (κ3) is 9.91. The average molecular weight is 729 g/mol. The van der Waals surface area contributed by atoms with Crippen LogP contribution in [0.3, 0.4) is 0 Å². The minimum Gasteiger partial charge on any atom is -0.507 e. The summed E-state index contributed by atoms with van der Waals surface area (Å²) in [6.07, 6.45) is -1.26. The van der Waals surface area contributed by atoms with Crippen molar-refractivity contribution < 1.29 is 58.8 Å². The summed E-state index contributed by atoms with van der Waals surface area (Å²) >= 11 is 0. The van der Waals surface area contributed by atoms with Gasteiger partial charge >= 0.3 is 11.9 Å². The molecule has 14 N–H and O–H groups in total. The Hall–Kier alpha value is -6.28. The number of nitrogens with one attached hydrogen (secondary N) is 6. The molecule has 0 unspecified atom stereocenters. The van der Waals surface area contributed by atoms with E-state index in [1.54, 1.807) is 0 Å². The van der Waals surface area contributed by atoms with Crippen LogP contribution in [0.5, 0.6) is 11.5 Å². The normalized spacial score (nSPS) is 14.0. The van der Waals surface area contributed by atoms with Gasteiger partial charge in [0.15, 0.2) is 0 Å². The molecule has 0 radical (unpaired) electrons. The molecule has 0 heterocycles. The molecule has 2 aromatic carbocycles. The highest BCUT2D eigenvalue weighted by molar-refractivity contribution is 6.33. The molecule has 0 aromatic heterocycles. The number of carboxylic acid groups (broad SMARTS) is 2. The van der Waals surface area contributed by atoms with Gasteiger partial charge in [-0.15, -0.1) is 0 Å². The maximum absolute atomic E-state index is 13.8. The van der Waals surface area contributed by atoms with Gasteiger partial charge in [0, 0.05) is 37.6 Å². The number of fused-ring (bicyclic) bond motifs is 2. The van der Waals surface area contributed by atoms with Gasteiger partial charge in [0.25, 0.3) is 0 Å². The number of carbonyl (C=O) groups excluding carboxylic acids is 6. The Morgan fingerprint density at radius 2 is 0.923 bits per heavy atom. The summed E-state index contributed by atoms with van der Waals surface area (Å²) < 4.78 is 0. The maximum atomic E-state index is 13.8. The van der Waals surface area contributed by atoms with E-state index in [1.165, 1.54) is 26.0 Å². The molecule has 0 aliphatic heterocycles. The molecular formula is C32H40N8O12. The van der Waals surface area contributed by atoms with Crippen LogP contribution in [0.25, 0.3) is 0 Å². The van der Waals surface area contributed by atoms with Gasteiger partial charge in [0.2, 0.25) is 35.2 Å². The molecule has 52 heavy (non-hydrogen) atoms. The number of hydrogen-bond acceptors (Lipinski definition) is 14. The van der Waals surface area contributed by atoms with Crippen LogP contribution < -0.4 is 43.4 Å². The van der Waals surface area contributed by atoms with E-state index in [-0.39, 0.29) is 48.7 Å². The average Bonchev–Trinajstić information content (AvgIpc) is 3.07. The molecule has 3 rings (SSSR count). The van der Waals surface area contributed by atoms with Crippen LogP contribution in [-0.4, -0.2) is 118 Å². The van der Waals surface area contributed by atoms with E-state index in [0.717, 1.165) is 12.1 Å². The molecule has 0 fully saturated rings. The predicted molar refractivity (Wildman–Crippen MR) is 182 cm³/mol. The fraction of sp³-hybridized carbons (Fsp3) is 0.375. The smallest absolute Gasteiger partial charge is 0.305 e. The van der Waals surface area contributed by atoms with Crippen molar-refractivity contribution in [2.24, 2.45) is 11.5 Å². The van der Waals surface area contributed by atoms with Gasteiger partial charge < -0.3 is 63.8 Å². The quantitative estimate of drug-likeness (QED) is 0.0477. The van der Waals surface area contributed by atoms with Crippen molar-refractivity contribution in [3.63, 3.8) is 0 Å². The predicted octanol–water partition coefficient (Wildman–Crippen LogP) is -2.46. The van der Waals surface area contributed by atoms with Gasteiger partial charge in [-0.05, 0) is 38.1 Å². The van der Waals surface area contributed by atoms with Crippen molar-refractivity contribution in [1.29, 1.82) is 0 Å². The zero-order valence-corrected chi connectivity index (χ0v) is 28.1. The van der Waals surface area contributed by atoms with Crippen molar-refractivity contribution in [3.05, 3.63) is 46.5 Å². The molecule has 0 saturated heterocycles. The minimum absolute atomic E-state index is 0.00641. The van der Waals surface area contributed by atoms with Gasteiger partial charge in [-0.25, -0.2) is 0 Å². The second-order valence-corrected chi connectivity index (χ2v) is 11.7. The number of rotatable bonds is 18. The van der Waals surface area contributed by atoms with Crippen molar-refractivity contribution in [1.82, 2.24) is 21.3 Å². The standard InChI is InChI=1S/C32H40N8O12/c1-13(39-31(51)15(33)11-21(43)44)29(49)37-9-7-35-17-3-4-18(24-23(17)27(47)25-19(41)5-6-20(42)26(25)28(24)48)36-8-10-38-30(50)14(2)40-32(52)16(34)12-22(45)46/h3-6,13-16,35-36,41-42H,7-12,33-34H2,1-2H3,(H,37,49)(H,38,50)(H,39,51)(H,40,52)(H,43,44)(H,45,46)/t13-,14-,15-,16-/m0/s1. The lowest BCUT2D eigenvalue weighted by molar-refractivity contribution is -0.140. The van der Waals surface area contributed by atoms with Gasteiger partial charge in [0.05, 0.1) is 47.2 Å². The molecule has 2 aromatic rings. The Morgan fingerprint density at radius 1 is 0.577 bits per heavy atom. The molecule has 0 spiro atoms. The summed E-state index contributed by atoms with van der Waals surface area (Å²) in [7, 11) is 0. The van der Waals surface area contributed by atoms with Crippen molar-refractivity contribution in [3.8, 4) is 11.5 Å². The first-order valence-electron chi connectivity index (χ1n) is 15.8. The number of aliphatic carboxylic acids is 2. The van der Waals surface area contributed by atoms with Crippen molar-refractivity contribution in [2.75, 3.05) is 36.8 Å². The van der Waals surface area contributed by atoms with E-state index in [0.29, 0.717) is 0 Å². The molecule has 1 aliphatic rings. The van der Waals surface area contributed by atoms with Crippen molar-refractivity contribution in [2.45, 2.75) is 50.9 Å². The summed E-state index contributed by atoms with van der Waals surface area (Å²) in [5.74, 6) is -8.13. The summed E-state index contributed by atoms with van der Waals surface area (Å²) in [6, 6.07) is 0.209. The molecule has 280 valence electrons. The van der Waals surface area contributed by atoms with Crippen LogP contribution >= 0.6 is 0 Å². The zero-order chi connectivity index (χ0) is 38.9. The molecule has 1 aliphatic carbocycles. The van der Waals surface area contributed by atoms with Gasteiger partial charge in [-0.2, -0.15) is 0 Å². The number of phenols is 2. The fourth-order valence-electron chi connectivity index (χ4n) is 5.06. The Bertz CT molecular complexity index is 1660. The zero-order valence-electron chi connectivity index (χ0n) is 28.1.